The van der Waals surface area contributed by atoms with Crippen molar-refractivity contribution in [3.05, 3.63) is 64.8 Å². The summed E-state index contributed by atoms with van der Waals surface area (Å²) in [5.41, 5.74) is 2.89. The topological polar surface area (TPSA) is 227 Å². The van der Waals surface area contributed by atoms with Crippen LogP contribution in [0.25, 0.3) is 33.3 Å². The van der Waals surface area contributed by atoms with Crippen LogP contribution in [-0.2, 0) is 23.9 Å². The zero-order chi connectivity index (χ0) is 33.4. The Kier molecular flexibility index (Phi) is 10.7. The van der Waals surface area contributed by atoms with E-state index < -0.39 is 50.1 Å². The Morgan fingerprint density at radius 3 is 2.07 bits per heavy atom. The average molecular weight is 638 g/mol. The summed E-state index contributed by atoms with van der Waals surface area (Å²) in [5, 5.41) is 47.7. The molecule has 2 aromatic rings. The minimum absolute atomic E-state index is 0.00118. The summed E-state index contributed by atoms with van der Waals surface area (Å²) in [7, 11) is 0. The molecule has 15 heteroatoms. The molecule has 0 bridgehead atoms. The molecule has 0 saturated carbocycles. The third-order valence-electron chi connectivity index (χ3n) is 6.80. The van der Waals surface area contributed by atoms with E-state index in [0.29, 0.717) is 33.3 Å². The first kappa shape index (κ1) is 33.2. The minimum atomic E-state index is -1.27. The number of phenols is 1. The van der Waals surface area contributed by atoms with Crippen molar-refractivity contribution in [1.82, 2.24) is 9.88 Å². The van der Waals surface area contributed by atoms with Crippen LogP contribution in [0.2, 0.25) is 0 Å². The van der Waals surface area contributed by atoms with Gasteiger partial charge in [0.05, 0.1) is 43.2 Å². The van der Waals surface area contributed by atoms with E-state index in [1.807, 2.05) is 0 Å². The van der Waals surface area contributed by atoms with Crippen LogP contribution >= 0.6 is 0 Å². The molecule has 0 spiro atoms. The fourth-order valence-corrected chi connectivity index (χ4v) is 5.00. The molecule has 1 aliphatic heterocycles. The van der Waals surface area contributed by atoms with Gasteiger partial charge in [-0.2, -0.15) is 0 Å². The number of aromatic nitrogens is 1. The van der Waals surface area contributed by atoms with E-state index in [9.17, 15) is 39.3 Å². The van der Waals surface area contributed by atoms with Crippen LogP contribution in [0.15, 0.2) is 59.4 Å². The number of nitrogens with one attached hydrogen (secondary N) is 1. The number of carboxylic acid groups (broad SMARTS) is 4. The molecule has 1 aliphatic carbocycles. The second-order valence-electron chi connectivity index (χ2n) is 10.2. The zero-order valence-corrected chi connectivity index (χ0v) is 24.3. The number of carboxylic acids is 4. The average Bonchev–Trinajstić information content (AvgIpc) is 2.96. The number of aromatic amines is 1. The third-order valence-corrected chi connectivity index (χ3v) is 6.80. The summed E-state index contributed by atoms with van der Waals surface area (Å²) >= 11 is 0. The Hall–Kier alpha value is -5.67. The number of ether oxygens (including phenoxy) is 2. The van der Waals surface area contributed by atoms with Crippen LogP contribution in [0, 0.1) is 0 Å². The maximum atomic E-state index is 12.2. The highest BCUT2D eigenvalue weighted by Crippen LogP contribution is 2.42. The number of pyridine rings is 1. The maximum absolute atomic E-state index is 12.2. The third kappa shape index (κ3) is 8.71. The quantitative estimate of drug-likeness (QED) is 0.0718. The first-order valence-corrected chi connectivity index (χ1v) is 13.9. The van der Waals surface area contributed by atoms with Gasteiger partial charge in [0.2, 0.25) is 0 Å². The number of rotatable bonds is 17. The number of aromatic hydroxyl groups is 1. The van der Waals surface area contributed by atoms with Gasteiger partial charge in [-0.1, -0.05) is 6.07 Å². The van der Waals surface area contributed by atoms with E-state index in [-0.39, 0.29) is 49.0 Å². The van der Waals surface area contributed by atoms with Crippen LogP contribution < -0.4 is 15.1 Å². The van der Waals surface area contributed by atoms with Crippen LogP contribution in [0.3, 0.4) is 0 Å². The smallest absolute Gasteiger partial charge is 0.323 e. The number of anilines is 1. The highest BCUT2D eigenvalue weighted by atomic mass is 16.5. The molecule has 0 saturated heterocycles. The molecule has 0 radical (unpaired) electrons. The van der Waals surface area contributed by atoms with E-state index >= 15 is 0 Å². The molecule has 4 rings (SSSR count). The molecule has 6 N–H and O–H groups in total. The van der Waals surface area contributed by atoms with Crippen molar-refractivity contribution in [3.63, 3.8) is 0 Å². The van der Waals surface area contributed by atoms with Crippen LogP contribution in [0.4, 0.5) is 5.69 Å². The van der Waals surface area contributed by atoms with Gasteiger partial charge in [-0.05, 0) is 42.0 Å². The largest absolute Gasteiger partial charge is 0.508 e. The summed E-state index contributed by atoms with van der Waals surface area (Å²) in [6, 6.07) is 14.0. The maximum Gasteiger partial charge on any atom is 0.323 e. The highest BCUT2D eigenvalue weighted by molar-refractivity contribution is 6.04. The summed E-state index contributed by atoms with van der Waals surface area (Å²) in [5.74, 6) is -4.78. The Bertz CT molecular complexity index is 1750. The standard InChI is InChI=1S/C31H31N3O12/c35-19-2-4-21-23(12-19)32-24-13-20(36)3-5-22(24)31(21)18-1-6-25(34(16-29(41)42)17-30(43)44)26(11-18)46-10-9-45-8-7-33(14-27(37)38)15-28(39)40/h1-6,11-13,32,35H,7-10,14-17H2,(H,37,38)(H,39,40)(H,41,42)(H,43,44). The number of hydrogen-bond acceptors (Lipinski definition) is 10. The Balaban J connectivity index is 1.67. The summed E-state index contributed by atoms with van der Waals surface area (Å²) in [4.78, 5) is 62.9. The van der Waals surface area contributed by atoms with Gasteiger partial charge in [0, 0.05) is 35.2 Å². The lowest BCUT2D eigenvalue weighted by Crippen LogP contribution is -2.37. The van der Waals surface area contributed by atoms with Gasteiger partial charge in [-0.15, -0.1) is 0 Å². The lowest BCUT2D eigenvalue weighted by atomic mass is 9.92. The zero-order valence-electron chi connectivity index (χ0n) is 24.3. The molecule has 2 aromatic carbocycles. The lowest BCUT2D eigenvalue weighted by Gasteiger charge is -2.25. The summed E-state index contributed by atoms with van der Waals surface area (Å²) in [6.45, 7) is -2.33. The van der Waals surface area contributed by atoms with Gasteiger partial charge in [0.1, 0.15) is 31.2 Å². The molecule has 0 amide bonds. The van der Waals surface area contributed by atoms with Gasteiger partial charge < -0.3 is 44.9 Å². The van der Waals surface area contributed by atoms with Crippen molar-refractivity contribution in [2.24, 2.45) is 0 Å². The molecular formula is C31H31N3O12. The first-order chi connectivity index (χ1) is 21.9. The predicted octanol–water partition coefficient (Wildman–Crippen LogP) is 1.85. The summed E-state index contributed by atoms with van der Waals surface area (Å²) in [6.07, 6.45) is 0. The second kappa shape index (κ2) is 14.9. The number of H-pyrrole nitrogens is 1. The van der Waals surface area contributed by atoms with Gasteiger partial charge in [0.25, 0.3) is 0 Å². The van der Waals surface area contributed by atoms with Gasteiger partial charge in [-0.25, -0.2) is 0 Å². The number of benzene rings is 3. The molecule has 15 nitrogen and oxygen atoms in total. The number of aliphatic carboxylic acids is 4. The van der Waals surface area contributed by atoms with E-state index in [1.165, 1.54) is 35.2 Å². The van der Waals surface area contributed by atoms with Crippen molar-refractivity contribution in [3.8, 4) is 33.9 Å². The Morgan fingerprint density at radius 2 is 1.41 bits per heavy atom. The first-order valence-electron chi connectivity index (χ1n) is 13.9. The number of phenolic OH excluding ortho intramolecular Hbond substituents is 1. The fraction of sp³-hybridized carbons (Fsp3) is 0.258. The van der Waals surface area contributed by atoms with Crippen LogP contribution in [0.5, 0.6) is 11.5 Å². The fourth-order valence-electron chi connectivity index (χ4n) is 5.00. The van der Waals surface area contributed by atoms with Crippen molar-refractivity contribution < 1.29 is 54.2 Å². The molecule has 0 aromatic heterocycles. The van der Waals surface area contributed by atoms with E-state index in [0.717, 1.165) is 4.90 Å². The SMILES string of the molecule is O=C(O)CN(CCOCCOc1cc(-c2c3ccc(=O)cc-3[nH]c3cc(O)ccc23)ccc1N(CC(=O)O)CC(=O)O)CC(=O)O. The molecule has 46 heavy (non-hydrogen) atoms. The van der Waals surface area contributed by atoms with E-state index in [1.54, 1.807) is 24.3 Å². The number of nitrogens with zero attached hydrogens (tertiary/aromatic N) is 2. The van der Waals surface area contributed by atoms with Crippen LogP contribution in [-0.4, -0.2) is 112 Å². The molecule has 0 fully saturated rings. The minimum Gasteiger partial charge on any atom is -0.508 e. The van der Waals surface area contributed by atoms with E-state index in [4.69, 9.17) is 19.7 Å². The predicted molar refractivity (Wildman–Crippen MR) is 164 cm³/mol. The molecule has 242 valence electrons. The van der Waals surface area contributed by atoms with Crippen molar-refractivity contribution in [1.29, 1.82) is 0 Å². The molecule has 0 unspecified atom stereocenters. The van der Waals surface area contributed by atoms with Crippen molar-refractivity contribution >= 4 is 40.5 Å². The highest BCUT2D eigenvalue weighted by Gasteiger charge is 2.22. The number of fused-ring (bicyclic) bond motifs is 2. The van der Waals surface area contributed by atoms with Gasteiger partial charge >= 0.3 is 23.9 Å². The van der Waals surface area contributed by atoms with Crippen LogP contribution in [0.1, 0.15) is 0 Å². The van der Waals surface area contributed by atoms with Gasteiger partial charge in [-0.3, -0.25) is 28.9 Å². The molecule has 1 heterocycles. The monoisotopic (exact) mass is 637 g/mol. The van der Waals surface area contributed by atoms with E-state index in [2.05, 4.69) is 4.98 Å². The Morgan fingerprint density at radius 1 is 0.739 bits per heavy atom. The Labute approximate surface area is 260 Å². The molecular weight excluding hydrogens is 606 g/mol. The number of carbonyl (C=O) groups is 4. The van der Waals surface area contributed by atoms with Crippen molar-refractivity contribution in [2.75, 3.05) is 57.4 Å². The van der Waals surface area contributed by atoms with Gasteiger partial charge in [0.15, 0.2) is 5.43 Å². The molecule has 0 atom stereocenters. The lowest BCUT2D eigenvalue weighted by molar-refractivity contribution is -0.142. The molecule has 2 aliphatic rings. The number of hydrogen-bond donors (Lipinski definition) is 6. The second-order valence-corrected chi connectivity index (χ2v) is 10.2. The normalized spacial score (nSPS) is 11.2. The van der Waals surface area contributed by atoms with Crippen molar-refractivity contribution in [2.45, 2.75) is 0 Å². The summed E-state index contributed by atoms with van der Waals surface area (Å²) < 4.78 is 11.5.